The van der Waals surface area contributed by atoms with Crippen molar-refractivity contribution >= 4 is 11.9 Å². The van der Waals surface area contributed by atoms with Gasteiger partial charge in [-0.3, -0.25) is 9.59 Å². The van der Waals surface area contributed by atoms with Gasteiger partial charge in [0.05, 0.1) is 6.42 Å². The van der Waals surface area contributed by atoms with Crippen LogP contribution in [0.4, 0.5) is 0 Å². The first-order chi connectivity index (χ1) is 9.31. The zero-order valence-electron chi connectivity index (χ0n) is 13.1. The van der Waals surface area contributed by atoms with Crippen molar-refractivity contribution in [2.24, 2.45) is 5.92 Å². The molecule has 0 N–H and O–H groups in total. The zero-order chi connectivity index (χ0) is 15.2. The molecular formula is C15H27NO4. The minimum atomic E-state index is -0.487. The van der Waals surface area contributed by atoms with Crippen LogP contribution in [-0.2, 0) is 19.1 Å². The summed E-state index contributed by atoms with van der Waals surface area (Å²) in [6.07, 6.45) is 2.36. The van der Waals surface area contributed by atoms with Gasteiger partial charge in [-0.25, -0.2) is 0 Å². The Kier molecular flexibility index (Phi) is 6.46. The topological polar surface area (TPSA) is 55.8 Å². The fourth-order valence-electron chi connectivity index (χ4n) is 2.34. The Balaban J connectivity index is 2.25. The number of likely N-dealkylation sites (tertiary alicyclic amines) is 1. The van der Waals surface area contributed by atoms with E-state index in [1.807, 2.05) is 25.7 Å². The highest BCUT2D eigenvalue weighted by Crippen LogP contribution is 2.18. The van der Waals surface area contributed by atoms with E-state index in [-0.39, 0.29) is 24.7 Å². The molecule has 0 aromatic rings. The molecule has 1 fully saturated rings. The molecule has 5 nitrogen and oxygen atoms in total. The molecule has 0 unspecified atom stereocenters. The number of hydrogen-bond donors (Lipinski definition) is 0. The first-order valence-corrected chi connectivity index (χ1v) is 7.30. The summed E-state index contributed by atoms with van der Waals surface area (Å²) in [5, 5.41) is 0. The average Bonchev–Trinajstić information content (AvgIpc) is 2.35. The van der Waals surface area contributed by atoms with E-state index >= 15 is 0 Å². The number of piperidine rings is 1. The number of rotatable bonds is 5. The summed E-state index contributed by atoms with van der Waals surface area (Å²) >= 11 is 0. The van der Waals surface area contributed by atoms with Gasteiger partial charge in [-0.05, 0) is 39.5 Å². The van der Waals surface area contributed by atoms with Crippen molar-refractivity contribution in [3.05, 3.63) is 0 Å². The number of carbonyl (C=O) groups excluding carboxylic acids is 2. The molecule has 5 heteroatoms. The van der Waals surface area contributed by atoms with Crippen molar-refractivity contribution in [3.8, 4) is 0 Å². The maximum absolute atomic E-state index is 12.0. The van der Waals surface area contributed by atoms with Crippen LogP contribution in [0.5, 0.6) is 0 Å². The molecule has 1 aliphatic rings. The fraction of sp³-hybridized carbons (Fsp3) is 0.867. The lowest BCUT2D eigenvalue weighted by molar-refractivity contribution is -0.156. The van der Waals surface area contributed by atoms with Gasteiger partial charge < -0.3 is 14.4 Å². The fourth-order valence-corrected chi connectivity index (χ4v) is 2.34. The van der Waals surface area contributed by atoms with Gasteiger partial charge in [0.1, 0.15) is 5.60 Å². The Morgan fingerprint density at radius 1 is 1.15 bits per heavy atom. The van der Waals surface area contributed by atoms with E-state index in [4.69, 9.17) is 9.47 Å². The molecule has 116 valence electrons. The number of amides is 1. The molecule has 1 rings (SSSR count). The van der Waals surface area contributed by atoms with Gasteiger partial charge >= 0.3 is 5.97 Å². The molecule has 1 heterocycles. The molecule has 20 heavy (non-hydrogen) atoms. The SMILES string of the molecule is COCC1CCN(C(=O)CCC(=O)OC(C)(C)C)CC1. The van der Waals surface area contributed by atoms with Gasteiger partial charge in [0.25, 0.3) is 0 Å². The Hall–Kier alpha value is -1.10. The second kappa shape index (κ2) is 7.62. The Morgan fingerprint density at radius 3 is 2.25 bits per heavy atom. The zero-order valence-corrected chi connectivity index (χ0v) is 13.1. The average molecular weight is 285 g/mol. The van der Waals surface area contributed by atoms with E-state index in [2.05, 4.69) is 0 Å². The third kappa shape index (κ3) is 6.37. The van der Waals surface area contributed by atoms with Gasteiger partial charge in [-0.15, -0.1) is 0 Å². The molecule has 1 aliphatic heterocycles. The highest BCUT2D eigenvalue weighted by Gasteiger charge is 2.24. The van der Waals surface area contributed by atoms with Crippen molar-refractivity contribution < 1.29 is 19.1 Å². The van der Waals surface area contributed by atoms with Gasteiger partial charge in [0.15, 0.2) is 0 Å². The second-order valence-electron chi connectivity index (χ2n) is 6.37. The lowest BCUT2D eigenvalue weighted by Crippen LogP contribution is -2.39. The van der Waals surface area contributed by atoms with Crippen molar-refractivity contribution in [1.82, 2.24) is 4.90 Å². The van der Waals surface area contributed by atoms with Crippen LogP contribution in [0.3, 0.4) is 0 Å². The Labute approximate surface area is 121 Å². The number of ether oxygens (including phenoxy) is 2. The summed E-state index contributed by atoms with van der Waals surface area (Å²) in [4.78, 5) is 25.4. The molecule has 0 aromatic heterocycles. The third-order valence-corrected chi connectivity index (χ3v) is 3.33. The molecular weight excluding hydrogens is 258 g/mol. The first kappa shape index (κ1) is 17.0. The third-order valence-electron chi connectivity index (χ3n) is 3.33. The normalized spacial score (nSPS) is 17.1. The van der Waals surface area contributed by atoms with E-state index in [9.17, 15) is 9.59 Å². The molecule has 1 amide bonds. The van der Waals surface area contributed by atoms with Crippen LogP contribution in [0.2, 0.25) is 0 Å². The van der Waals surface area contributed by atoms with Crippen molar-refractivity contribution in [2.45, 2.75) is 52.1 Å². The van der Waals surface area contributed by atoms with Gasteiger partial charge in [0, 0.05) is 33.2 Å². The maximum atomic E-state index is 12.0. The lowest BCUT2D eigenvalue weighted by atomic mass is 9.97. The number of carbonyl (C=O) groups is 2. The van der Waals surface area contributed by atoms with E-state index in [1.165, 1.54) is 0 Å². The van der Waals surface area contributed by atoms with E-state index in [0.717, 1.165) is 32.5 Å². The van der Waals surface area contributed by atoms with Crippen LogP contribution in [0.25, 0.3) is 0 Å². The van der Waals surface area contributed by atoms with Gasteiger partial charge in [0.2, 0.25) is 5.91 Å². The summed E-state index contributed by atoms with van der Waals surface area (Å²) in [5.74, 6) is 0.293. The highest BCUT2D eigenvalue weighted by molar-refractivity contribution is 5.81. The van der Waals surface area contributed by atoms with Crippen LogP contribution in [0.15, 0.2) is 0 Å². The van der Waals surface area contributed by atoms with Gasteiger partial charge in [-0.2, -0.15) is 0 Å². The Bertz CT molecular complexity index is 327. The van der Waals surface area contributed by atoms with Crippen LogP contribution < -0.4 is 0 Å². The molecule has 0 aliphatic carbocycles. The summed E-state index contributed by atoms with van der Waals surface area (Å²) < 4.78 is 10.3. The van der Waals surface area contributed by atoms with Crippen molar-refractivity contribution in [1.29, 1.82) is 0 Å². The predicted molar refractivity (Wildman–Crippen MR) is 76.3 cm³/mol. The van der Waals surface area contributed by atoms with Crippen molar-refractivity contribution in [3.63, 3.8) is 0 Å². The van der Waals surface area contributed by atoms with Crippen LogP contribution in [-0.4, -0.2) is 49.2 Å². The van der Waals surface area contributed by atoms with Crippen LogP contribution in [0.1, 0.15) is 46.5 Å². The number of methoxy groups -OCH3 is 1. The molecule has 0 spiro atoms. The minimum absolute atomic E-state index is 0.0479. The summed E-state index contributed by atoms with van der Waals surface area (Å²) in [7, 11) is 1.71. The molecule has 1 saturated heterocycles. The largest absolute Gasteiger partial charge is 0.460 e. The molecule has 0 radical (unpaired) electrons. The Morgan fingerprint density at radius 2 is 1.75 bits per heavy atom. The highest BCUT2D eigenvalue weighted by atomic mass is 16.6. The molecule has 0 atom stereocenters. The number of hydrogen-bond acceptors (Lipinski definition) is 4. The van der Waals surface area contributed by atoms with Crippen LogP contribution >= 0.6 is 0 Å². The summed E-state index contributed by atoms with van der Waals surface area (Å²) in [6, 6.07) is 0. The lowest BCUT2D eigenvalue weighted by Gasteiger charge is -2.31. The first-order valence-electron chi connectivity index (χ1n) is 7.30. The molecule has 0 bridgehead atoms. The minimum Gasteiger partial charge on any atom is -0.460 e. The monoisotopic (exact) mass is 285 g/mol. The number of esters is 1. The van der Waals surface area contributed by atoms with E-state index < -0.39 is 5.60 Å². The van der Waals surface area contributed by atoms with E-state index in [1.54, 1.807) is 7.11 Å². The van der Waals surface area contributed by atoms with Crippen molar-refractivity contribution in [2.75, 3.05) is 26.8 Å². The molecule has 0 aromatic carbocycles. The van der Waals surface area contributed by atoms with Crippen LogP contribution in [0, 0.1) is 5.92 Å². The summed E-state index contributed by atoms with van der Waals surface area (Å²) in [6.45, 7) is 7.77. The standard InChI is InChI=1S/C15H27NO4/c1-15(2,3)20-14(18)6-5-13(17)16-9-7-12(8-10-16)11-19-4/h12H,5-11H2,1-4H3. The predicted octanol–water partition coefficient (Wildman–Crippen LogP) is 1.99. The quantitative estimate of drug-likeness (QED) is 0.725. The second-order valence-corrected chi connectivity index (χ2v) is 6.37. The maximum Gasteiger partial charge on any atom is 0.306 e. The smallest absolute Gasteiger partial charge is 0.306 e. The number of nitrogens with zero attached hydrogens (tertiary/aromatic N) is 1. The van der Waals surface area contributed by atoms with E-state index in [0.29, 0.717) is 5.92 Å². The molecule has 0 saturated carbocycles. The summed E-state index contributed by atoms with van der Waals surface area (Å²) in [5.41, 5.74) is -0.487. The van der Waals surface area contributed by atoms with Gasteiger partial charge in [-0.1, -0.05) is 0 Å².